The van der Waals surface area contributed by atoms with Crippen molar-refractivity contribution in [2.45, 2.75) is 6.92 Å². The molecule has 0 fully saturated rings. The lowest BCUT2D eigenvalue weighted by Gasteiger charge is -2.14. The third-order valence-corrected chi connectivity index (χ3v) is 4.22. The number of nitrogens with zero attached hydrogens (tertiary/aromatic N) is 1. The Balaban J connectivity index is 0.00000280. The molecular weight excluding hydrogens is 382 g/mol. The fourth-order valence-electron chi connectivity index (χ4n) is 2.88. The number of likely N-dealkylation sites (N-methyl/N-ethyl adjacent to an activating group) is 1. The third kappa shape index (κ3) is 4.16. The summed E-state index contributed by atoms with van der Waals surface area (Å²) in [5, 5.41) is 5.69. The number of carbonyl (C=O) groups is 3. The van der Waals surface area contributed by atoms with Gasteiger partial charge in [-0.1, -0.05) is 0 Å². The van der Waals surface area contributed by atoms with Crippen LogP contribution in [0.4, 0.5) is 5.69 Å². The molecule has 148 valence electrons. The molecule has 1 aliphatic rings. The number of hydrogen-bond donors (Lipinski definition) is 2. The number of hydrogen-bond acceptors (Lipinski definition) is 5. The van der Waals surface area contributed by atoms with Crippen molar-refractivity contribution in [2.24, 2.45) is 0 Å². The highest BCUT2D eigenvalue weighted by Gasteiger charge is 2.37. The summed E-state index contributed by atoms with van der Waals surface area (Å²) in [5.74, 6) is -0.462. The van der Waals surface area contributed by atoms with Gasteiger partial charge in [-0.3, -0.25) is 14.4 Å². The van der Waals surface area contributed by atoms with Gasteiger partial charge in [0.1, 0.15) is 5.75 Å². The number of carbonyl (C=O) groups excluding carboxylic acids is 3. The van der Waals surface area contributed by atoms with Crippen molar-refractivity contribution in [3.63, 3.8) is 0 Å². The van der Waals surface area contributed by atoms with Gasteiger partial charge < -0.3 is 15.4 Å². The van der Waals surface area contributed by atoms with Gasteiger partial charge in [-0.15, -0.1) is 12.4 Å². The summed E-state index contributed by atoms with van der Waals surface area (Å²) < 4.78 is 5.38. The maximum Gasteiger partial charge on any atom is 0.266 e. The summed E-state index contributed by atoms with van der Waals surface area (Å²) in [4.78, 5) is 38.8. The van der Waals surface area contributed by atoms with Gasteiger partial charge in [0, 0.05) is 18.7 Å². The van der Waals surface area contributed by atoms with E-state index in [4.69, 9.17) is 4.74 Å². The number of halogens is 1. The first kappa shape index (κ1) is 21.4. The van der Waals surface area contributed by atoms with Crippen molar-refractivity contribution in [1.82, 2.24) is 10.6 Å². The van der Waals surface area contributed by atoms with E-state index in [9.17, 15) is 14.4 Å². The summed E-state index contributed by atoms with van der Waals surface area (Å²) >= 11 is 0. The molecule has 0 aliphatic carbocycles. The van der Waals surface area contributed by atoms with Crippen molar-refractivity contribution in [3.05, 3.63) is 59.2 Å². The number of imide groups is 1. The number of benzene rings is 2. The number of anilines is 1. The van der Waals surface area contributed by atoms with E-state index >= 15 is 0 Å². The molecule has 0 saturated heterocycles. The average molecular weight is 404 g/mol. The standard InChI is InChI=1S/C20H21N3O4.ClH/c1-3-27-15-7-5-14(6-8-15)23-19(25)16-9-4-13(12-17(16)20(23)26)18(24)22-11-10-21-2;/h4-9,12,21H,3,10-11H2,1-2H3,(H,22,24);1H. The quantitative estimate of drug-likeness (QED) is 0.547. The zero-order valence-electron chi connectivity index (χ0n) is 15.7. The fourth-order valence-corrected chi connectivity index (χ4v) is 2.88. The van der Waals surface area contributed by atoms with Crippen LogP contribution in [-0.4, -0.2) is 44.5 Å². The van der Waals surface area contributed by atoms with E-state index in [-0.39, 0.29) is 23.9 Å². The fraction of sp³-hybridized carbons (Fsp3) is 0.250. The topological polar surface area (TPSA) is 87.7 Å². The highest BCUT2D eigenvalue weighted by molar-refractivity contribution is 6.34. The predicted molar refractivity (Wildman–Crippen MR) is 109 cm³/mol. The molecule has 0 unspecified atom stereocenters. The molecule has 3 rings (SSSR count). The Labute approximate surface area is 169 Å². The molecule has 1 heterocycles. The summed E-state index contributed by atoms with van der Waals surface area (Å²) in [5.41, 5.74) is 1.33. The van der Waals surface area contributed by atoms with Crippen molar-refractivity contribution in [2.75, 3.05) is 31.6 Å². The molecule has 28 heavy (non-hydrogen) atoms. The molecule has 0 aromatic heterocycles. The van der Waals surface area contributed by atoms with Gasteiger partial charge in [0.05, 0.1) is 23.4 Å². The summed E-state index contributed by atoms with van der Waals surface area (Å²) in [7, 11) is 1.79. The van der Waals surface area contributed by atoms with E-state index in [1.165, 1.54) is 12.1 Å². The van der Waals surface area contributed by atoms with Crippen LogP contribution >= 0.6 is 12.4 Å². The molecule has 0 saturated carbocycles. The molecule has 1 aliphatic heterocycles. The van der Waals surface area contributed by atoms with Crippen LogP contribution in [0.5, 0.6) is 5.75 Å². The molecule has 3 amide bonds. The first-order valence-corrected chi connectivity index (χ1v) is 8.75. The van der Waals surface area contributed by atoms with Crippen LogP contribution < -0.4 is 20.3 Å². The third-order valence-electron chi connectivity index (χ3n) is 4.22. The van der Waals surface area contributed by atoms with Gasteiger partial charge in [-0.2, -0.15) is 0 Å². The van der Waals surface area contributed by atoms with Gasteiger partial charge >= 0.3 is 0 Å². The number of fused-ring (bicyclic) bond motifs is 1. The molecule has 0 bridgehead atoms. The van der Waals surface area contributed by atoms with Gasteiger partial charge in [0.15, 0.2) is 0 Å². The molecular formula is C20H22ClN3O4. The molecule has 2 aromatic rings. The van der Waals surface area contributed by atoms with Crippen LogP contribution in [0, 0.1) is 0 Å². The highest BCUT2D eigenvalue weighted by atomic mass is 35.5. The summed E-state index contributed by atoms with van der Waals surface area (Å²) in [6.45, 7) is 3.52. The second kappa shape index (κ2) is 9.34. The number of rotatable bonds is 7. The smallest absolute Gasteiger partial charge is 0.266 e. The Kier molecular flexibility index (Phi) is 7.14. The van der Waals surface area contributed by atoms with E-state index < -0.39 is 11.8 Å². The second-order valence-electron chi connectivity index (χ2n) is 5.99. The molecule has 0 atom stereocenters. The van der Waals surface area contributed by atoms with Crippen LogP contribution in [0.3, 0.4) is 0 Å². The zero-order valence-corrected chi connectivity index (χ0v) is 16.5. The monoisotopic (exact) mass is 403 g/mol. The van der Waals surface area contributed by atoms with Gasteiger partial charge in [0.25, 0.3) is 17.7 Å². The second-order valence-corrected chi connectivity index (χ2v) is 5.99. The highest BCUT2D eigenvalue weighted by Crippen LogP contribution is 2.30. The number of amides is 3. The van der Waals surface area contributed by atoms with Crippen molar-refractivity contribution in [1.29, 1.82) is 0 Å². The van der Waals surface area contributed by atoms with Gasteiger partial charge in [0.2, 0.25) is 0 Å². The molecule has 2 aromatic carbocycles. The van der Waals surface area contributed by atoms with Crippen LogP contribution in [0.2, 0.25) is 0 Å². The zero-order chi connectivity index (χ0) is 19.4. The predicted octanol–water partition coefficient (Wildman–Crippen LogP) is 2.26. The first-order valence-electron chi connectivity index (χ1n) is 8.75. The Bertz CT molecular complexity index is 884. The summed E-state index contributed by atoms with van der Waals surface area (Å²) in [6.07, 6.45) is 0. The summed E-state index contributed by atoms with van der Waals surface area (Å²) in [6, 6.07) is 11.3. The lowest BCUT2D eigenvalue weighted by Crippen LogP contribution is -2.30. The van der Waals surface area contributed by atoms with Crippen molar-refractivity contribution >= 4 is 35.8 Å². The van der Waals surface area contributed by atoms with E-state index in [0.29, 0.717) is 42.3 Å². The van der Waals surface area contributed by atoms with E-state index in [1.54, 1.807) is 37.4 Å². The van der Waals surface area contributed by atoms with Crippen LogP contribution in [-0.2, 0) is 0 Å². The number of ether oxygens (including phenoxy) is 1. The Morgan fingerprint density at radius 2 is 1.68 bits per heavy atom. The van der Waals surface area contributed by atoms with Gasteiger partial charge in [-0.05, 0) is 56.4 Å². The lowest BCUT2D eigenvalue weighted by molar-refractivity contribution is 0.0923. The Morgan fingerprint density at radius 3 is 2.32 bits per heavy atom. The van der Waals surface area contributed by atoms with Crippen molar-refractivity contribution < 1.29 is 19.1 Å². The Hall–Kier alpha value is -2.90. The lowest BCUT2D eigenvalue weighted by atomic mass is 10.1. The van der Waals surface area contributed by atoms with E-state index in [2.05, 4.69) is 10.6 Å². The van der Waals surface area contributed by atoms with E-state index in [1.807, 2.05) is 6.92 Å². The first-order chi connectivity index (χ1) is 13.1. The minimum Gasteiger partial charge on any atom is -0.494 e. The van der Waals surface area contributed by atoms with Crippen LogP contribution in [0.1, 0.15) is 38.0 Å². The maximum atomic E-state index is 12.8. The molecule has 7 nitrogen and oxygen atoms in total. The van der Waals surface area contributed by atoms with E-state index in [0.717, 1.165) is 4.90 Å². The average Bonchev–Trinajstić information content (AvgIpc) is 2.93. The molecule has 2 N–H and O–H groups in total. The van der Waals surface area contributed by atoms with Crippen molar-refractivity contribution in [3.8, 4) is 5.75 Å². The number of nitrogens with one attached hydrogen (secondary N) is 2. The maximum absolute atomic E-state index is 12.8. The SMILES string of the molecule is CCOc1ccc(N2C(=O)c3ccc(C(=O)NCCNC)cc3C2=O)cc1.Cl. The minimum atomic E-state index is -0.441. The van der Waals surface area contributed by atoms with Crippen LogP contribution in [0.15, 0.2) is 42.5 Å². The van der Waals surface area contributed by atoms with Crippen LogP contribution in [0.25, 0.3) is 0 Å². The molecule has 0 spiro atoms. The largest absolute Gasteiger partial charge is 0.494 e. The molecule has 8 heteroatoms. The van der Waals surface area contributed by atoms with Gasteiger partial charge in [-0.25, -0.2) is 4.90 Å². The minimum absolute atomic E-state index is 0. The molecule has 0 radical (unpaired) electrons. The Morgan fingerprint density at radius 1 is 1.00 bits per heavy atom. The normalized spacial score (nSPS) is 12.4.